The number of ether oxygens (including phenoxy) is 2. The zero-order chi connectivity index (χ0) is 16.7. The summed E-state index contributed by atoms with van der Waals surface area (Å²) in [4.78, 5) is 11.9. The second-order valence-corrected chi connectivity index (χ2v) is 6.00. The van der Waals surface area contributed by atoms with Crippen LogP contribution in [-0.2, 0) is 23.2 Å². The number of carbonyl (C=O) groups excluding carboxylic acids is 1. The van der Waals surface area contributed by atoms with E-state index in [9.17, 15) is 4.79 Å². The first-order valence-corrected chi connectivity index (χ1v) is 8.43. The summed E-state index contributed by atoms with van der Waals surface area (Å²) in [6, 6.07) is 9.54. The number of benzene rings is 1. The second kappa shape index (κ2) is 8.57. The van der Waals surface area contributed by atoms with Gasteiger partial charge in [0.05, 0.1) is 6.61 Å². The van der Waals surface area contributed by atoms with E-state index in [1.54, 1.807) is 6.92 Å². The molecule has 0 amide bonds. The number of carbonyl (C=O) groups is 1. The number of esters is 1. The quantitative estimate of drug-likeness (QED) is 0.546. The van der Waals surface area contributed by atoms with E-state index in [4.69, 9.17) is 9.47 Å². The van der Waals surface area contributed by atoms with Crippen LogP contribution in [0, 0.1) is 0 Å². The first-order chi connectivity index (χ1) is 11.2. The van der Waals surface area contributed by atoms with Gasteiger partial charge in [0.2, 0.25) is 0 Å². The molecule has 0 fully saturated rings. The molecule has 0 radical (unpaired) electrons. The van der Waals surface area contributed by atoms with Crippen LogP contribution in [0.1, 0.15) is 26.1 Å². The van der Waals surface area contributed by atoms with Crippen LogP contribution in [-0.4, -0.2) is 32.6 Å². The Morgan fingerprint density at radius 3 is 2.65 bits per heavy atom. The highest BCUT2D eigenvalue weighted by Gasteiger charge is 2.22. The number of para-hydroxylation sites is 1. The molecule has 1 heterocycles. The van der Waals surface area contributed by atoms with Gasteiger partial charge in [-0.05, 0) is 25.5 Å². The molecule has 0 aliphatic rings. The van der Waals surface area contributed by atoms with Gasteiger partial charge in [-0.3, -0.25) is 4.79 Å². The van der Waals surface area contributed by atoms with Crippen molar-refractivity contribution in [2.75, 3.05) is 6.61 Å². The first-order valence-electron chi connectivity index (χ1n) is 7.55. The van der Waals surface area contributed by atoms with Gasteiger partial charge in [-0.25, -0.2) is 0 Å². The Kier molecular flexibility index (Phi) is 6.46. The van der Waals surface area contributed by atoms with E-state index in [0.29, 0.717) is 30.6 Å². The van der Waals surface area contributed by atoms with Crippen molar-refractivity contribution < 1.29 is 14.3 Å². The SMILES string of the molecule is CCOC(=O)C(CC)Sc1nnc(COc2ccccc2)n1C. The van der Waals surface area contributed by atoms with Crippen molar-refractivity contribution >= 4 is 17.7 Å². The third-order valence-electron chi connectivity index (χ3n) is 3.20. The Bertz CT molecular complexity index is 631. The first kappa shape index (κ1) is 17.3. The number of hydrogen-bond donors (Lipinski definition) is 0. The Hall–Kier alpha value is -2.02. The third-order valence-corrected chi connectivity index (χ3v) is 4.58. The molecule has 0 saturated heterocycles. The topological polar surface area (TPSA) is 66.2 Å². The van der Waals surface area contributed by atoms with Crippen LogP contribution in [0.25, 0.3) is 0 Å². The van der Waals surface area contributed by atoms with Crippen molar-refractivity contribution in [1.29, 1.82) is 0 Å². The van der Waals surface area contributed by atoms with Crippen molar-refractivity contribution in [3.63, 3.8) is 0 Å². The van der Waals surface area contributed by atoms with E-state index >= 15 is 0 Å². The Balaban J connectivity index is 1.99. The lowest BCUT2D eigenvalue weighted by Crippen LogP contribution is -2.20. The standard InChI is InChI=1S/C16H21N3O3S/c1-4-13(15(20)21-5-2)23-16-18-17-14(19(16)3)11-22-12-9-7-6-8-10-12/h6-10,13H,4-5,11H2,1-3H3. The maximum Gasteiger partial charge on any atom is 0.319 e. The molecule has 0 N–H and O–H groups in total. The van der Waals surface area contributed by atoms with Crippen molar-refractivity contribution in [2.24, 2.45) is 7.05 Å². The molecule has 2 rings (SSSR count). The molecule has 6 nitrogen and oxygen atoms in total. The molecule has 1 aromatic carbocycles. The predicted octanol–water partition coefficient (Wildman–Crippen LogP) is 2.83. The molecular weight excluding hydrogens is 314 g/mol. The molecule has 124 valence electrons. The Morgan fingerprint density at radius 2 is 2.00 bits per heavy atom. The van der Waals surface area contributed by atoms with E-state index in [-0.39, 0.29) is 11.2 Å². The number of rotatable bonds is 8. The summed E-state index contributed by atoms with van der Waals surface area (Å²) in [5, 5.41) is 8.69. The maximum atomic E-state index is 11.9. The highest BCUT2D eigenvalue weighted by molar-refractivity contribution is 8.00. The van der Waals surface area contributed by atoms with Gasteiger partial charge < -0.3 is 14.0 Å². The molecule has 1 atom stereocenters. The summed E-state index contributed by atoms with van der Waals surface area (Å²) in [6.07, 6.45) is 0.673. The van der Waals surface area contributed by atoms with Gasteiger partial charge in [0, 0.05) is 7.05 Å². The monoisotopic (exact) mass is 335 g/mol. The van der Waals surface area contributed by atoms with Gasteiger partial charge in [-0.2, -0.15) is 0 Å². The molecule has 0 aliphatic carbocycles. The number of thioether (sulfide) groups is 1. The molecule has 1 aromatic heterocycles. The average molecular weight is 335 g/mol. The Labute approximate surface area is 140 Å². The van der Waals surface area contributed by atoms with Crippen LogP contribution in [0.15, 0.2) is 35.5 Å². The van der Waals surface area contributed by atoms with E-state index < -0.39 is 0 Å². The summed E-state index contributed by atoms with van der Waals surface area (Å²) in [7, 11) is 1.86. The zero-order valence-corrected chi connectivity index (χ0v) is 14.4. The van der Waals surface area contributed by atoms with Crippen LogP contribution >= 0.6 is 11.8 Å². The number of nitrogens with zero attached hydrogens (tertiary/aromatic N) is 3. The van der Waals surface area contributed by atoms with Crippen molar-refractivity contribution in [2.45, 2.75) is 37.3 Å². The third kappa shape index (κ3) is 4.72. The van der Waals surface area contributed by atoms with Gasteiger partial charge >= 0.3 is 5.97 Å². The number of aromatic nitrogens is 3. The average Bonchev–Trinajstić information content (AvgIpc) is 2.92. The lowest BCUT2D eigenvalue weighted by molar-refractivity contribution is -0.142. The smallest absolute Gasteiger partial charge is 0.319 e. The Morgan fingerprint density at radius 1 is 1.26 bits per heavy atom. The van der Waals surface area contributed by atoms with E-state index in [0.717, 1.165) is 5.75 Å². The van der Waals surface area contributed by atoms with E-state index in [2.05, 4.69) is 10.2 Å². The van der Waals surface area contributed by atoms with E-state index in [1.165, 1.54) is 11.8 Å². The van der Waals surface area contributed by atoms with Crippen LogP contribution in [0.5, 0.6) is 5.75 Å². The van der Waals surface area contributed by atoms with Gasteiger partial charge in [0.15, 0.2) is 11.0 Å². The molecule has 0 spiro atoms. The lowest BCUT2D eigenvalue weighted by atomic mass is 10.3. The fourth-order valence-corrected chi connectivity index (χ4v) is 2.84. The summed E-state index contributed by atoms with van der Waals surface area (Å²) < 4.78 is 12.6. The van der Waals surface area contributed by atoms with Gasteiger partial charge in [-0.15, -0.1) is 10.2 Å². The highest BCUT2D eigenvalue weighted by atomic mass is 32.2. The zero-order valence-electron chi connectivity index (χ0n) is 13.6. The van der Waals surface area contributed by atoms with Gasteiger partial charge in [0.25, 0.3) is 0 Å². The van der Waals surface area contributed by atoms with Crippen molar-refractivity contribution in [3.05, 3.63) is 36.2 Å². The minimum atomic E-state index is -0.277. The molecule has 0 bridgehead atoms. The summed E-state index contributed by atoms with van der Waals surface area (Å²) in [5.41, 5.74) is 0. The summed E-state index contributed by atoms with van der Waals surface area (Å²) in [6.45, 7) is 4.45. The van der Waals surface area contributed by atoms with Crippen molar-refractivity contribution in [3.8, 4) is 5.75 Å². The van der Waals surface area contributed by atoms with Crippen LogP contribution in [0.4, 0.5) is 0 Å². The van der Waals surface area contributed by atoms with E-state index in [1.807, 2.05) is 48.9 Å². The largest absolute Gasteiger partial charge is 0.486 e. The van der Waals surface area contributed by atoms with Gasteiger partial charge in [-0.1, -0.05) is 36.9 Å². The maximum absolute atomic E-state index is 11.9. The van der Waals surface area contributed by atoms with Crippen LogP contribution in [0.2, 0.25) is 0 Å². The van der Waals surface area contributed by atoms with Crippen LogP contribution in [0.3, 0.4) is 0 Å². The number of hydrogen-bond acceptors (Lipinski definition) is 6. The fourth-order valence-electron chi connectivity index (χ4n) is 1.90. The molecule has 0 saturated carbocycles. The van der Waals surface area contributed by atoms with Gasteiger partial charge in [0.1, 0.15) is 17.6 Å². The summed E-state index contributed by atoms with van der Waals surface area (Å²) in [5.74, 6) is 1.27. The predicted molar refractivity (Wildman–Crippen MR) is 88.3 cm³/mol. The van der Waals surface area contributed by atoms with Crippen LogP contribution < -0.4 is 4.74 Å². The second-order valence-electron chi connectivity index (χ2n) is 4.83. The normalized spacial score (nSPS) is 12.0. The molecule has 7 heteroatoms. The molecule has 2 aromatic rings. The van der Waals surface area contributed by atoms with Crippen molar-refractivity contribution in [1.82, 2.24) is 14.8 Å². The molecule has 0 aliphatic heterocycles. The molecule has 23 heavy (non-hydrogen) atoms. The minimum absolute atomic E-state index is 0.218. The highest BCUT2D eigenvalue weighted by Crippen LogP contribution is 2.25. The minimum Gasteiger partial charge on any atom is -0.486 e. The lowest BCUT2D eigenvalue weighted by Gasteiger charge is -2.12. The molecule has 1 unspecified atom stereocenters. The fraction of sp³-hybridized carbons (Fsp3) is 0.438. The summed E-state index contributed by atoms with van der Waals surface area (Å²) >= 11 is 1.37. The molecular formula is C16H21N3O3S.